The van der Waals surface area contributed by atoms with Crippen molar-refractivity contribution in [2.75, 3.05) is 0 Å². The van der Waals surface area contributed by atoms with Crippen molar-refractivity contribution in [3.05, 3.63) is 22.5 Å². The Bertz CT molecular complexity index is 348. The fourth-order valence-electron chi connectivity index (χ4n) is 3.17. The van der Waals surface area contributed by atoms with Crippen molar-refractivity contribution in [2.45, 2.75) is 79.7 Å². The summed E-state index contributed by atoms with van der Waals surface area (Å²) in [5.41, 5.74) is 6.56. The van der Waals surface area contributed by atoms with Crippen molar-refractivity contribution in [3.63, 3.8) is 0 Å². The topological polar surface area (TPSA) is 4.93 Å². The van der Waals surface area contributed by atoms with E-state index in [0.29, 0.717) is 0 Å². The molecule has 0 fully saturated rings. The molecule has 1 aromatic rings. The zero-order valence-electron chi connectivity index (χ0n) is 12.8. The molecule has 0 N–H and O–H groups in total. The third-order valence-corrected chi connectivity index (χ3v) is 3.65. The Morgan fingerprint density at radius 2 is 1.06 bits per heavy atom. The maximum atomic E-state index is 2.60. The molecule has 0 saturated heterocycles. The van der Waals surface area contributed by atoms with Gasteiger partial charge in [0.15, 0.2) is 0 Å². The van der Waals surface area contributed by atoms with Crippen LogP contribution in [0.25, 0.3) is 0 Å². The quantitative estimate of drug-likeness (QED) is 0.724. The second kappa shape index (κ2) is 5.29. The van der Waals surface area contributed by atoms with E-state index in [0.717, 1.165) is 12.8 Å². The molecule has 0 aliphatic carbocycles. The van der Waals surface area contributed by atoms with Gasteiger partial charge in [-0.15, -0.1) is 0 Å². The van der Waals surface area contributed by atoms with Crippen molar-refractivity contribution in [3.8, 4) is 0 Å². The van der Waals surface area contributed by atoms with Gasteiger partial charge >= 0.3 is 0 Å². The molecule has 1 heteroatoms. The molecular formula is C16H29N. The maximum absolute atomic E-state index is 2.60. The molecule has 0 spiro atoms. The summed E-state index contributed by atoms with van der Waals surface area (Å²) >= 11 is 0. The van der Waals surface area contributed by atoms with Gasteiger partial charge in [-0.2, -0.15) is 0 Å². The molecule has 0 amide bonds. The van der Waals surface area contributed by atoms with E-state index in [-0.39, 0.29) is 5.54 Å². The standard InChI is InChI=1S/C16H29N/c1-8-12-13(9-2)15(11-4)17(14(12)10-3)16(5,6)7/h8-11H2,1-7H3. The Balaban J connectivity index is 3.60. The van der Waals surface area contributed by atoms with E-state index in [1.807, 2.05) is 0 Å². The van der Waals surface area contributed by atoms with Gasteiger partial charge < -0.3 is 4.57 Å². The Labute approximate surface area is 107 Å². The molecule has 0 atom stereocenters. The lowest BCUT2D eigenvalue weighted by Gasteiger charge is -2.27. The molecule has 1 aromatic heterocycles. The van der Waals surface area contributed by atoms with Crippen LogP contribution < -0.4 is 0 Å². The van der Waals surface area contributed by atoms with Crippen LogP contribution in [0.2, 0.25) is 0 Å². The van der Waals surface area contributed by atoms with E-state index < -0.39 is 0 Å². The van der Waals surface area contributed by atoms with Crippen LogP contribution >= 0.6 is 0 Å². The van der Waals surface area contributed by atoms with Crippen LogP contribution in [0.3, 0.4) is 0 Å². The number of rotatable bonds is 4. The lowest BCUT2D eigenvalue weighted by molar-refractivity contribution is 0.374. The van der Waals surface area contributed by atoms with Crippen LogP contribution in [0.1, 0.15) is 71.0 Å². The van der Waals surface area contributed by atoms with Crippen LogP contribution in [0.15, 0.2) is 0 Å². The van der Waals surface area contributed by atoms with Gasteiger partial charge in [0.1, 0.15) is 0 Å². The summed E-state index contributed by atoms with van der Waals surface area (Å²) < 4.78 is 2.60. The highest BCUT2D eigenvalue weighted by Gasteiger charge is 2.25. The van der Waals surface area contributed by atoms with Gasteiger partial charge in [-0.3, -0.25) is 0 Å². The Morgan fingerprint density at radius 1 is 0.706 bits per heavy atom. The highest BCUT2D eigenvalue weighted by atomic mass is 15.1. The number of nitrogens with zero attached hydrogens (tertiary/aromatic N) is 1. The summed E-state index contributed by atoms with van der Waals surface area (Å²) in [4.78, 5) is 0. The van der Waals surface area contributed by atoms with E-state index in [1.165, 1.54) is 12.8 Å². The van der Waals surface area contributed by atoms with Crippen LogP contribution in [0, 0.1) is 0 Å². The minimum Gasteiger partial charge on any atom is -0.343 e. The van der Waals surface area contributed by atoms with E-state index in [9.17, 15) is 0 Å². The highest BCUT2D eigenvalue weighted by molar-refractivity contribution is 5.40. The molecule has 0 unspecified atom stereocenters. The molecule has 0 aliphatic heterocycles. The SMILES string of the molecule is CCc1c(CC)c(CC)n(C(C)(C)C)c1CC. The summed E-state index contributed by atoms with van der Waals surface area (Å²) in [7, 11) is 0. The highest BCUT2D eigenvalue weighted by Crippen LogP contribution is 2.31. The van der Waals surface area contributed by atoms with Crippen molar-refractivity contribution in [2.24, 2.45) is 0 Å². The Hall–Kier alpha value is -0.720. The first-order valence-electron chi connectivity index (χ1n) is 7.16. The monoisotopic (exact) mass is 235 g/mol. The minimum atomic E-state index is 0.202. The van der Waals surface area contributed by atoms with E-state index in [4.69, 9.17) is 0 Å². The third kappa shape index (κ3) is 2.43. The van der Waals surface area contributed by atoms with E-state index in [2.05, 4.69) is 53.0 Å². The first-order valence-corrected chi connectivity index (χ1v) is 7.16. The van der Waals surface area contributed by atoms with Gasteiger partial charge in [0, 0.05) is 16.9 Å². The molecule has 0 aromatic carbocycles. The van der Waals surface area contributed by atoms with Crippen molar-refractivity contribution < 1.29 is 0 Å². The predicted octanol–water partition coefficient (Wildman–Crippen LogP) is 4.49. The molecule has 1 nitrogen and oxygen atoms in total. The molecule has 0 bridgehead atoms. The van der Waals surface area contributed by atoms with Gasteiger partial charge in [0.2, 0.25) is 0 Å². The summed E-state index contributed by atoms with van der Waals surface area (Å²) in [6.45, 7) is 16.1. The van der Waals surface area contributed by atoms with Gasteiger partial charge in [-0.25, -0.2) is 0 Å². The first kappa shape index (κ1) is 14.3. The van der Waals surface area contributed by atoms with Gasteiger partial charge in [-0.05, 0) is 57.6 Å². The van der Waals surface area contributed by atoms with Crippen LogP contribution in [-0.2, 0) is 31.2 Å². The lowest BCUT2D eigenvalue weighted by atomic mass is 10.0. The summed E-state index contributed by atoms with van der Waals surface area (Å²) in [6.07, 6.45) is 4.63. The average molecular weight is 235 g/mol. The lowest BCUT2D eigenvalue weighted by Crippen LogP contribution is -2.26. The summed E-state index contributed by atoms with van der Waals surface area (Å²) in [5, 5.41) is 0. The van der Waals surface area contributed by atoms with E-state index >= 15 is 0 Å². The van der Waals surface area contributed by atoms with Crippen molar-refractivity contribution >= 4 is 0 Å². The molecule has 98 valence electrons. The van der Waals surface area contributed by atoms with E-state index in [1.54, 1.807) is 22.5 Å². The van der Waals surface area contributed by atoms with Crippen molar-refractivity contribution in [1.29, 1.82) is 0 Å². The smallest absolute Gasteiger partial charge is 0.0361 e. The van der Waals surface area contributed by atoms with Gasteiger partial charge in [0.05, 0.1) is 0 Å². The molecular weight excluding hydrogens is 206 g/mol. The fraction of sp³-hybridized carbons (Fsp3) is 0.750. The Morgan fingerprint density at radius 3 is 1.24 bits per heavy atom. The first-order chi connectivity index (χ1) is 7.92. The van der Waals surface area contributed by atoms with Crippen molar-refractivity contribution in [1.82, 2.24) is 4.57 Å². The zero-order valence-corrected chi connectivity index (χ0v) is 12.8. The van der Waals surface area contributed by atoms with Gasteiger partial charge in [0.25, 0.3) is 0 Å². The second-order valence-electron chi connectivity index (χ2n) is 5.77. The zero-order chi connectivity index (χ0) is 13.2. The number of hydrogen-bond donors (Lipinski definition) is 0. The molecule has 1 rings (SSSR count). The van der Waals surface area contributed by atoms with Crippen LogP contribution in [-0.4, -0.2) is 4.57 Å². The second-order valence-corrected chi connectivity index (χ2v) is 5.77. The van der Waals surface area contributed by atoms with Crippen LogP contribution in [0.4, 0.5) is 0 Å². The molecule has 1 heterocycles. The Kier molecular flexibility index (Phi) is 4.46. The number of hydrogen-bond acceptors (Lipinski definition) is 0. The molecule has 0 aliphatic rings. The average Bonchev–Trinajstić information content (AvgIpc) is 2.60. The third-order valence-electron chi connectivity index (χ3n) is 3.65. The maximum Gasteiger partial charge on any atom is 0.0361 e. The molecule has 0 saturated carbocycles. The largest absolute Gasteiger partial charge is 0.343 e. The number of aromatic nitrogens is 1. The van der Waals surface area contributed by atoms with Gasteiger partial charge in [-0.1, -0.05) is 27.7 Å². The summed E-state index contributed by atoms with van der Waals surface area (Å²) in [6, 6.07) is 0. The fourth-order valence-corrected chi connectivity index (χ4v) is 3.17. The predicted molar refractivity (Wildman–Crippen MR) is 76.9 cm³/mol. The minimum absolute atomic E-state index is 0.202. The summed E-state index contributed by atoms with van der Waals surface area (Å²) in [5.74, 6) is 0. The van der Waals surface area contributed by atoms with Crippen LogP contribution in [0.5, 0.6) is 0 Å². The molecule has 17 heavy (non-hydrogen) atoms. The normalized spacial score (nSPS) is 12.2. The molecule has 0 radical (unpaired) electrons.